The number of rotatable bonds is 23. The van der Waals surface area contributed by atoms with Gasteiger partial charge >= 0.3 is 24.2 Å². The van der Waals surface area contributed by atoms with Gasteiger partial charge in [0.05, 0.1) is 50.6 Å². The number of carbonyl (C=O) groups excluding carboxylic acids is 4. The lowest BCUT2D eigenvalue weighted by Crippen LogP contribution is -2.20. The smallest absolute Gasteiger partial charge is 0.481 e. The molecule has 0 fully saturated rings. The van der Waals surface area contributed by atoms with Gasteiger partial charge in [-0.1, -0.05) is 70.0 Å². The predicted molar refractivity (Wildman–Crippen MR) is 211 cm³/mol. The third-order valence-electron chi connectivity index (χ3n) is 8.04. The molecule has 306 valence electrons. The molecule has 0 aliphatic rings. The topological polar surface area (TPSA) is 222 Å². The lowest BCUT2D eigenvalue weighted by Gasteiger charge is -2.16. The van der Waals surface area contributed by atoms with E-state index in [2.05, 4.69) is 26.6 Å². The SMILES string of the molecule is Cc1ccc(C(=O)c2cccc(CC(=O)O)c2NCOC(=O)OCCOCCOCCOC(=O)OCNc2c(CC(=O)O)cccc2C(=O)c2ccc(Br)cc2)cc1. The molecule has 0 aliphatic heterocycles. The second-order valence-corrected chi connectivity index (χ2v) is 13.1. The highest BCUT2D eigenvalue weighted by molar-refractivity contribution is 9.10. The van der Waals surface area contributed by atoms with Crippen LogP contribution in [0.25, 0.3) is 0 Å². The number of hydrogen-bond acceptors (Lipinski definition) is 14. The number of aliphatic carboxylic acids is 2. The molecule has 17 heteroatoms. The molecule has 4 N–H and O–H groups in total. The molecule has 0 amide bonds. The zero-order chi connectivity index (χ0) is 41.9. The number of anilines is 2. The normalized spacial score (nSPS) is 10.6. The molecule has 0 aliphatic carbocycles. The van der Waals surface area contributed by atoms with Gasteiger partial charge in [-0.2, -0.15) is 0 Å². The van der Waals surface area contributed by atoms with E-state index in [1.54, 1.807) is 84.9 Å². The zero-order valence-electron chi connectivity index (χ0n) is 31.3. The maximum absolute atomic E-state index is 13.2. The van der Waals surface area contributed by atoms with Crippen LogP contribution >= 0.6 is 15.9 Å². The van der Waals surface area contributed by atoms with E-state index >= 15 is 0 Å². The number of aryl methyl sites for hydroxylation is 1. The summed E-state index contributed by atoms with van der Waals surface area (Å²) in [5.41, 5.74) is 3.28. The number of carbonyl (C=O) groups is 6. The highest BCUT2D eigenvalue weighted by atomic mass is 79.9. The van der Waals surface area contributed by atoms with Gasteiger partial charge in [0.2, 0.25) is 0 Å². The van der Waals surface area contributed by atoms with E-state index in [-0.39, 0.29) is 86.6 Å². The number of ketones is 2. The third kappa shape index (κ3) is 14.3. The molecule has 16 nitrogen and oxygen atoms in total. The molecule has 0 radical (unpaired) electrons. The molecule has 0 spiro atoms. The van der Waals surface area contributed by atoms with Gasteiger partial charge in [0.25, 0.3) is 0 Å². The van der Waals surface area contributed by atoms with Gasteiger partial charge in [-0.3, -0.25) is 19.2 Å². The van der Waals surface area contributed by atoms with Gasteiger partial charge in [0.1, 0.15) is 13.2 Å². The summed E-state index contributed by atoms with van der Waals surface area (Å²) in [6, 6.07) is 23.0. The first-order valence-corrected chi connectivity index (χ1v) is 18.5. The van der Waals surface area contributed by atoms with Crippen LogP contribution in [0.15, 0.2) is 89.4 Å². The number of halogens is 1. The molecule has 4 aromatic carbocycles. The molecular formula is C41H41BrN2O14. The minimum atomic E-state index is -1.11. The Hall–Kier alpha value is -6.30. The number of ether oxygens (including phenoxy) is 6. The van der Waals surface area contributed by atoms with Crippen molar-refractivity contribution in [2.24, 2.45) is 0 Å². The average Bonchev–Trinajstić information content (AvgIpc) is 3.19. The van der Waals surface area contributed by atoms with Crippen molar-refractivity contribution < 1.29 is 67.4 Å². The first-order valence-electron chi connectivity index (χ1n) is 17.7. The van der Waals surface area contributed by atoms with Gasteiger partial charge in [-0.05, 0) is 54.4 Å². The van der Waals surface area contributed by atoms with E-state index in [0.717, 1.165) is 10.0 Å². The number of carboxylic acids is 2. The summed E-state index contributed by atoms with van der Waals surface area (Å²) >= 11 is 3.32. The number of carboxylic acid groups (broad SMARTS) is 2. The second kappa shape index (κ2) is 23.1. The highest BCUT2D eigenvalue weighted by Crippen LogP contribution is 2.27. The van der Waals surface area contributed by atoms with Crippen LogP contribution in [0.2, 0.25) is 0 Å². The van der Waals surface area contributed by atoms with Crippen molar-refractivity contribution in [1.29, 1.82) is 0 Å². The fourth-order valence-corrected chi connectivity index (χ4v) is 5.61. The van der Waals surface area contributed by atoms with Crippen LogP contribution < -0.4 is 10.6 Å². The lowest BCUT2D eigenvalue weighted by molar-refractivity contribution is -0.137. The van der Waals surface area contributed by atoms with E-state index in [9.17, 15) is 39.0 Å². The Bertz CT molecular complexity index is 1910. The molecule has 0 saturated heterocycles. The Morgan fingerprint density at radius 3 is 1.34 bits per heavy atom. The average molecular weight is 866 g/mol. The van der Waals surface area contributed by atoms with E-state index in [1.165, 1.54) is 0 Å². The third-order valence-corrected chi connectivity index (χ3v) is 8.57. The molecule has 0 saturated carbocycles. The van der Waals surface area contributed by atoms with Crippen LogP contribution in [0.1, 0.15) is 48.5 Å². The minimum absolute atomic E-state index is 0.0168. The van der Waals surface area contributed by atoms with E-state index < -0.39 is 37.7 Å². The molecule has 58 heavy (non-hydrogen) atoms. The van der Waals surface area contributed by atoms with Crippen LogP contribution in [-0.2, 0) is 50.9 Å². The fourth-order valence-electron chi connectivity index (χ4n) is 5.34. The molecular weight excluding hydrogens is 824 g/mol. The number of hydrogen-bond donors (Lipinski definition) is 4. The van der Waals surface area contributed by atoms with Gasteiger partial charge < -0.3 is 49.3 Å². The monoisotopic (exact) mass is 864 g/mol. The maximum atomic E-state index is 13.2. The highest BCUT2D eigenvalue weighted by Gasteiger charge is 2.20. The van der Waals surface area contributed by atoms with Crippen LogP contribution in [-0.4, -0.2) is 99.1 Å². The Morgan fingerprint density at radius 2 is 0.931 bits per heavy atom. The summed E-state index contributed by atoms with van der Waals surface area (Å²) in [5, 5.41) is 24.4. The van der Waals surface area contributed by atoms with Gasteiger partial charge in [-0.15, -0.1) is 0 Å². The van der Waals surface area contributed by atoms with Gasteiger partial charge in [0, 0.05) is 26.7 Å². The molecule has 4 rings (SSSR count). The first kappa shape index (κ1) is 44.4. The second-order valence-electron chi connectivity index (χ2n) is 12.2. The van der Waals surface area contributed by atoms with Crippen LogP contribution in [0.5, 0.6) is 0 Å². The van der Waals surface area contributed by atoms with Crippen molar-refractivity contribution in [3.63, 3.8) is 0 Å². The number of para-hydroxylation sites is 2. The van der Waals surface area contributed by atoms with Crippen molar-refractivity contribution in [3.8, 4) is 0 Å². The van der Waals surface area contributed by atoms with Crippen molar-refractivity contribution in [1.82, 2.24) is 0 Å². The Balaban J connectivity index is 1.09. The Kier molecular flexibility index (Phi) is 17.7. The molecule has 0 atom stereocenters. The van der Waals surface area contributed by atoms with E-state index in [1.807, 2.05) is 6.92 Å². The van der Waals surface area contributed by atoms with Crippen molar-refractivity contribution in [2.75, 3.05) is 63.7 Å². The van der Waals surface area contributed by atoms with Gasteiger partial charge in [-0.25, -0.2) is 9.59 Å². The molecule has 0 unspecified atom stereocenters. The van der Waals surface area contributed by atoms with Crippen LogP contribution in [0.3, 0.4) is 0 Å². The standard InChI is InChI=1S/C41H41BrN2O14/c1-26-8-10-27(11-9-26)38(49)32-6-2-4-29(22-34(45)46)36(32)43-24-57-40(51)55-20-18-53-16-17-54-19-21-56-41(52)58-25-44-37-30(23-35(47)48)5-3-7-33(37)39(50)28-12-14-31(42)15-13-28/h2-15,43-44H,16-25H2,1H3,(H,45,46)(H,47,48). The molecule has 0 aromatic heterocycles. The quantitative estimate of drug-likeness (QED) is 0.0280. The maximum Gasteiger partial charge on any atom is 0.510 e. The van der Waals surface area contributed by atoms with E-state index in [0.29, 0.717) is 22.3 Å². The van der Waals surface area contributed by atoms with Crippen molar-refractivity contribution in [2.45, 2.75) is 19.8 Å². The molecule has 0 heterocycles. The summed E-state index contributed by atoms with van der Waals surface area (Å²) in [7, 11) is 0. The predicted octanol–water partition coefficient (Wildman–Crippen LogP) is 6.25. The van der Waals surface area contributed by atoms with Crippen LogP contribution in [0.4, 0.5) is 21.0 Å². The number of benzene rings is 4. The zero-order valence-corrected chi connectivity index (χ0v) is 32.9. The summed E-state index contributed by atoms with van der Waals surface area (Å²) in [5.74, 6) is -2.90. The largest absolute Gasteiger partial charge is 0.510 e. The van der Waals surface area contributed by atoms with Gasteiger partial charge in [0.15, 0.2) is 25.0 Å². The fraction of sp³-hybridized carbons (Fsp3) is 0.268. The minimum Gasteiger partial charge on any atom is -0.481 e. The van der Waals surface area contributed by atoms with Crippen LogP contribution in [0, 0.1) is 6.92 Å². The van der Waals surface area contributed by atoms with E-state index in [4.69, 9.17) is 28.4 Å². The van der Waals surface area contributed by atoms with Crippen molar-refractivity contribution in [3.05, 3.63) is 128 Å². The van der Waals surface area contributed by atoms with Crippen molar-refractivity contribution >= 4 is 63.1 Å². The Morgan fingerprint density at radius 1 is 0.534 bits per heavy atom. The Labute approximate surface area is 341 Å². The molecule has 0 bridgehead atoms. The summed E-state index contributed by atoms with van der Waals surface area (Å²) in [4.78, 5) is 73.5. The summed E-state index contributed by atoms with van der Waals surface area (Å²) in [6.45, 7) is 1.08. The lowest BCUT2D eigenvalue weighted by atomic mass is 9.97. The number of nitrogens with one attached hydrogen (secondary N) is 2. The summed E-state index contributed by atoms with van der Waals surface area (Å²) in [6.07, 6.45) is -2.78. The summed E-state index contributed by atoms with van der Waals surface area (Å²) < 4.78 is 31.5. The first-order chi connectivity index (χ1) is 27.9. The molecule has 4 aromatic rings.